The molecule has 5 nitrogen and oxygen atoms in total. The molecule has 2 heterocycles. The van der Waals surface area contributed by atoms with Crippen LogP contribution in [0.4, 0.5) is 0 Å². The lowest BCUT2D eigenvalue weighted by atomic mass is 9.96. The summed E-state index contributed by atoms with van der Waals surface area (Å²) in [6.07, 6.45) is 3.44. The first-order valence-electron chi connectivity index (χ1n) is 7.16. The Hall–Kier alpha value is -2.30. The molecule has 3 rings (SSSR count). The summed E-state index contributed by atoms with van der Waals surface area (Å²) in [4.78, 5) is 25.6. The van der Waals surface area contributed by atoms with Gasteiger partial charge in [0.25, 0.3) is 5.91 Å². The number of carbonyl (C=O) groups excluding carboxylic acids is 2. The van der Waals surface area contributed by atoms with E-state index in [2.05, 4.69) is 0 Å². The van der Waals surface area contributed by atoms with E-state index >= 15 is 0 Å². The number of hydrogen-bond acceptors (Lipinski definition) is 3. The van der Waals surface area contributed by atoms with Gasteiger partial charge in [0.05, 0.1) is 11.5 Å². The first-order valence-corrected chi connectivity index (χ1v) is 7.16. The van der Waals surface area contributed by atoms with Crippen molar-refractivity contribution in [2.45, 2.75) is 12.8 Å². The van der Waals surface area contributed by atoms with Crippen molar-refractivity contribution in [3.8, 4) is 5.75 Å². The second-order valence-corrected chi connectivity index (χ2v) is 5.49. The van der Waals surface area contributed by atoms with Gasteiger partial charge in [-0.25, -0.2) is 0 Å². The van der Waals surface area contributed by atoms with Gasteiger partial charge in [-0.3, -0.25) is 9.59 Å². The third kappa shape index (κ3) is 2.77. The van der Waals surface area contributed by atoms with Crippen molar-refractivity contribution in [1.29, 1.82) is 0 Å². The number of piperidine rings is 1. The van der Waals surface area contributed by atoms with Crippen LogP contribution < -0.4 is 10.5 Å². The molecular formula is C16H18N2O3. The summed E-state index contributed by atoms with van der Waals surface area (Å²) in [5.74, 6) is 0.171. The second-order valence-electron chi connectivity index (χ2n) is 5.49. The van der Waals surface area contributed by atoms with E-state index in [9.17, 15) is 9.59 Å². The Morgan fingerprint density at radius 1 is 1.29 bits per heavy atom. The maximum absolute atomic E-state index is 12.6. The van der Waals surface area contributed by atoms with E-state index in [0.29, 0.717) is 18.7 Å². The van der Waals surface area contributed by atoms with Crippen LogP contribution in [0.5, 0.6) is 5.75 Å². The van der Waals surface area contributed by atoms with Crippen LogP contribution in [-0.2, 0) is 9.59 Å². The maximum Gasteiger partial charge on any atom is 0.253 e. The average Bonchev–Trinajstić information content (AvgIpc) is 2.53. The minimum atomic E-state index is -0.327. The summed E-state index contributed by atoms with van der Waals surface area (Å²) >= 11 is 0. The van der Waals surface area contributed by atoms with E-state index in [1.165, 1.54) is 0 Å². The molecule has 1 unspecified atom stereocenters. The van der Waals surface area contributed by atoms with Crippen LogP contribution >= 0.6 is 0 Å². The second kappa shape index (κ2) is 5.60. The van der Waals surface area contributed by atoms with Gasteiger partial charge in [-0.2, -0.15) is 0 Å². The van der Waals surface area contributed by atoms with E-state index in [0.717, 1.165) is 24.2 Å². The number of rotatable bonds is 2. The zero-order valence-electron chi connectivity index (χ0n) is 11.7. The number of para-hydroxylation sites is 1. The van der Waals surface area contributed by atoms with Crippen LogP contribution in [0.25, 0.3) is 6.08 Å². The number of nitrogens with zero attached hydrogens (tertiary/aromatic N) is 1. The fourth-order valence-electron chi connectivity index (χ4n) is 2.84. The molecule has 0 aliphatic carbocycles. The van der Waals surface area contributed by atoms with Gasteiger partial charge < -0.3 is 15.4 Å². The van der Waals surface area contributed by atoms with Crippen molar-refractivity contribution in [1.82, 2.24) is 4.90 Å². The van der Waals surface area contributed by atoms with Gasteiger partial charge in [0, 0.05) is 18.7 Å². The van der Waals surface area contributed by atoms with Crippen molar-refractivity contribution < 1.29 is 14.3 Å². The van der Waals surface area contributed by atoms with Crippen LogP contribution in [0.3, 0.4) is 0 Å². The number of primary amides is 1. The van der Waals surface area contributed by atoms with E-state index in [1.54, 1.807) is 4.90 Å². The average molecular weight is 286 g/mol. The highest BCUT2D eigenvalue weighted by atomic mass is 16.5. The first kappa shape index (κ1) is 13.7. The summed E-state index contributed by atoms with van der Waals surface area (Å²) in [6.45, 7) is 1.35. The molecule has 2 aliphatic rings. The molecule has 0 bridgehead atoms. The SMILES string of the molecule is NC(=O)C1CCCN(C(=O)C2=Cc3ccccc3OC2)C1. The highest BCUT2D eigenvalue weighted by molar-refractivity contribution is 5.99. The maximum atomic E-state index is 12.6. The van der Waals surface area contributed by atoms with Crippen molar-refractivity contribution in [3.63, 3.8) is 0 Å². The van der Waals surface area contributed by atoms with Gasteiger partial charge >= 0.3 is 0 Å². The Labute approximate surface area is 123 Å². The monoisotopic (exact) mass is 286 g/mol. The number of benzene rings is 1. The molecule has 0 radical (unpaired) electrons. The van der Waals surface area contributed by atoms with Crippen molar-refractivity contribution in [3.05, 3.63) is 35.4 Å². The van der Waals surface area contributed by atoms with Crippen LogP contribution in [0.2, 0.25) is 0 Å². The summed E-state index contributed by atoms with van der Waals surface area (Å²) in [7, 11) is 0. The van der Waals surface area contributed by atoms with Crippen LogP contribution in [0.15, 0.2) is 29.8 Å². The normalized spacial score (nSPS) is 21.0. The van der Waals surface area contributed by atoms with E-state index in [1.807, 2.05) is 30.3 Å². The lowest BCUT2D eigenvalue weighted by Crippen LogP contribution is -2.45. The molecule has 1 atom stereocenters. The Balaban J connectivity index is 1.77. The number of likely N-dealkylation sites (tertiary alicyclic amines) is 1. The predicted octanol–water partition coefficient (Wildman–Crippen LogP) is 1.19. The Bertz CT molecular complexity index is 609. The molecule has 110 valence electrons. The summed E-state index contributed by atoms with van der Waals surface area (Å²) < 4.78 is 5.61. The van der Waals surface area contributed by atoms with Gasteiger partial charge in [-0.05, 0) is 25.0 Å². The zero-order valence-corrected chi connectivity index (χ0v) is 11.7. The molecule has 2 N–H and O–H groups in total. The standard InChI is InChI=1S/C16H18N2O3/c17-15(19)12-5-3-7-18(9-12)16(20)13-8-11-4-1-2-6-14(11)21-10-13/h1-2,4,6,8,12H,3,5,7,9-10H2,(H2,17,19). The highest BCUT2D eigenvalue weighted by Gasteiger charge is 2.29. The van der Waals surface area contributed by atoms with Crippen LogP contribution in [0, 0.1) is 5.92 Å². The number of ether oxygens (including phenoxy) is 1. The van der Waals surface area contributed by atoms with E-state index in [4.69, 9.17) is 10.5 Å². The molecule has 2 amide bonds. The molecule has 21 heavy (non-hydrogen) atoms. The van der Waals surface area contributed by atoms with Gasteiger partial charge in [0.2, 0.25) is 5.91 Å². The summed E-state index contributed by atoms with van der Waals surface area (Å²) in [5, 5.41) is 0. The lowest BCUT2D eigenvalue weighted by molar-refractivity contribution is -0.131. The van der Waals surface area contributed by atoms with Gasteiger partial charge in [0.1, 0.15) is 12.4 Å². The summed E-state index contributed by atoms with van der Waals surface area (Å²) in [5.41, 5.74) is 6.89. The predicted molar refractivity (Wildman–Crippen MR) is 78.4 cm³/mol. The molecule has 2 aliphatic heterocycles. The third-order valence-electron chi connectivity index (χ3n) is 4.02. The molecule has 5 heteroatoms. The Morgan fingerprint density at radius 3 is 2.90 bits per heavy atom. The number of hydrogen-bond donors (Lipinski definition) is 1. The molecule has 0 aromatic heterocycles. The lowest BCUT2D eigenvalue weighted by Gasteiger charge is -2.32. The summed E-state index contributed by atoms with van der Waals surface area (Å²) in [6, 6.07) is 7.62. The fourth-order valence-corrected chi connectivity index (χ4v) is 2.84. The number of carbonyl (C=O) groups is 2. The highest BCUT2D eigenvalue weighted by Crippen LogP contribution is 2.27. The smallest absolute Gasteiger partial charge is 0.253 e. The van der Waals surface area contributed by atoms with Crippen molar-refractivity contribution in [2.75, 3.05) is 19.7 Å². The van der Waals surface area contributed by atoms with Crippen molar-refractivity contribution in [2.24, 2.45) is 11.7 Å². The molecule has 0 saturated carbocycles. The number of fused-ring (bicyclic) bond motifs is 1. The molecule has 0 spiro atoms. The molecule has 1 fully saturated rings. The largest absolute Gasteiger partial charge is 0.488 e. The topological polar surface area (TPSA) is 72.6 Å². The molecule has 1 saturated heterocycles. The van der Waals surface area contributed by atoms with E-state index in [-0.39, 0.29) is 24.3 Å². The molecule has 1 aromatic carbocycles. The third-order valence-corrected chi connectivity index (χ3v) is 4.02. The Kier molecular flexibility index (Phi) is 3.64. The van der Waals surface area contributed by atoms with Gasteiger partial charge in [-0.15, -0.1) is 0 Å². The quantitative estimate of drug-likeness (QED) is 0.887. The molecule has 1 aromatic rings. The number of amides is 2. The minimum Gasteiger partial charge on any atom is -0.488 e. The van der Waals surface area contributed by atoms with Crippen LogP contribution in [0.1, 0.15) is 18.4 Å². The van der Waals surface area contributed by atoms with Gasteiger partial charge in [-0.1, -0.05) is 18.2 Å². The Morgan fingerprint density at radius 2 is 2.10 bits per heavy atom. The minimum absolute atomic E-state index is 0.0598. The molecular weight excluding hydrogens is 268 g/mol. The number of nitrogens with two attached hydrogens (primary N) is 1. The van der Waals surface area contributed by atoms with Gasteiger partial charge in [0.15, 0.2) is 0 Å². The van der Waals surface area contributed by atoms with Crippen LogP contribution in [-0.4, -0.2) is 36.4 Å². The fraction of sp³-hybridized carbons (Fsp3) is 0.375. The zero-order chi connectivity index (χ0) is 14.8. The van der Waals surface area contributed by atoms with E-state index < -0.39 is 0 Å². The van der Waals surface area contributed by atoms with Crippen molar-refractivity contribution >= 4 is 17.9 Å². The first-order chi connectivity index (χ1) is 10.1.